The number of rotatable bonds is 6. The van der Waals surface area contributed by atoms with Gasteiger partial charge < -0.3 is 14.6 Å². The summed E-state index contributed by atoms with van der Waals surface area (Å²) >= 11 is 0. The lowest BCUT2D eigenvalue weighted by Crippen LogP contribution is -2.44. The smallest absolute Gasteiger partial charge is 0.264 e. The maximum atomic E-state index is 6.00. The Morgan fingerprint density at radius 1 is 1.15 bits per heavy atom. The summed E-state index contributed by atoms with van der Waals surface area (Å²) in [6, 6.07) is 18.6. The third-order valence-electron chi connectivity index (χ3n) is 4.85. The van der Waals surface area contributed by atoms with Gasteiger partial charge in [-0.25, -0.2) is 0 Å². The third kappa shape index (κ3) is 4.35. The van der Waals surface area contributed by atoms with E-state index < -0.39 is 0 Å². The zero-order valence-corrected chi connectivity index (χ0v) is 15.5. The van der Waals surface area contributed by atoms with Crippen LogP contribution in [0.3, 0.4) is 0 Å². The fourth-order valence-corrected chi connectivity index (χ4v) is 3.30. The van der Waals surface area contributed by atoms with Crippen molar-refractivity contribution in [1.82, 2.24) is 20.4 Å². The highest BCUT2D eigenvalue weighted by Crippen LogP contribution is 2.23. The molecule has 140 valence electrons. The molecule has 3 aromatic rings. The second-order valence-corrected chi connectivity index (χ2v) is 6.81. The van der Waals surface area contributed by atoms with Crippen molar-refractivity contribution in [2.45, 2.75) is 19.1 Å². The topological polar surface area (TPSA) is 63.4 Å². The molecule has 0 bridgehead atoms. The second kappa shape index (κ2) is 8.33. The summed E-state index contributed by atoms with van der Waals surface area (Å²) in [7, 11) is 2.08. The van der Waals surface area contributed by atoms with E-state index in [0.29, 0.717) is 11.7 Å². The molecule has 1 fully saturated rings. The summed E-state index contributed by atoms with van der Waals surface area (Å²) in [6.45, 7) is 3.05. The van der Waals surface area contributed by atoms with E-state index in [2.05, 4.69) is 57.7 Å². The van der Waals surface area contributed by atoms with Crippen molar-refractivity contribution < 1.29 is 9.26 Å². The van der Waals surface area contributed by atoms with Crippen LogP contribution in [-0.4, -0.2) is 41.7 Å². The molecule has 4 rings (SSSR count). The number of likely N-dealkylation sites (N-methyl/N-ethyl adjacent to an activating group) is 1. The minimum Gasteiger partial charge on any atom is -0.483 e. The number of aromatic nitrogens is 2. The number of para-hydroxylation sites is 1. The summed E-state index contributed by atoms with van der Waals surface area (Å²) in [4.78, 5) is 6.77. The van der Waals surface area contributed by atoms with E-state index in [1.807, 2.05) is 24.3 Å². The summed E-state index contributed by atoms with van der Waals surface area (Å²) in [6.07, 6.45) is 0.824. The molecule has 2 aromatic carbocycles. The largest absolute Gasteiger partial charge is 0.483 e. The lowest BCUT2D eigenvalue weighted by molar-refractivity contribution is 0.189. The Morgan fingerprint density at radius 2 is 1.96 bits per heavy atom. The van der Waals surface area contributed by atoms with E-state index in [1.165, 1.54) is 5.56 Å². The van der Waals surface area contributed by atoms with Gasteiger partial charge in [0.2, 0.25) is 0 Å². The lowest BCUT2D eigenvalue weighted by atomic mass is 10.0. The van der Waals surface area contributed by atoms with Crippen molar-refractivity contribution >= 4 is 0 Å². The first-order chi connectivity index (χ1) is 13.3. The second-order valence-electron chi connectivity index (χ2n) is 6.81. The molecule has 0 saturated carbocycles. The van der Waals surface area contributed by atoms with Crippen LogP contribution in [0.4, 0.5) is 0 Å². The molecule has 1 atom stereocenters. The summed E-state index contributed by atoms with van der Waals surface area (Å²) in [5.41, 5.74) is 2.39. The van der Waals surface area contributed by atoms with Gasteiger partial charge in [0.05, 0.1) is 6.04 Å². The molecule has 0 amide bonds. The van der Waals surface area contributed by atoms with E-state index >= 15 is 0 Å². The van der Waals surface area contributed by atoms with Crippen LogP contribution in [0.25, 0.3) is 0 Å². The Balaban J connectivity index is 1.42. The number of hydrogen-bond donors (Lipinski definition) is 1. The molecule has 1 N–H and O–H groups in total. The first-order valence-electron chi connectivity index (χ1n) is 9.27. The normalized spacial score (nSPS) is 17.7. The van der Waals surface area contributed by atoms with Crippen molar-refractivity contribution in [3.8, 4) is 5.75 Å². The predicted molar refractivity (Wildman–Crippen MR) is 103 cm³/mol. The molecule has 0 spiro atoms. The van der Waals surface area contributed by atoms with Crippen LogP contribution >= 0.6 is 0 Å². The van der Waals surface area contributed by atoms with Gasteiger partial charge in [0, 0.05) is 26.1 Å². The van der Waals surface area contributed by atoms with Gasteiger partial charge >= 0.3 is 0 Å². The van der Waals surface area contributed by atoms with Crippen LogP contribution in [0.1, 0.15) is 28.9 Å². The number of nitrogens with zero attached hydrogens (tertiary/aromatic N) is 3. The van der Waals surface area contributed by atoms with Crippen LogP contribution in [0, 0.1) is 0 Å². The van der Waals surface area contributed by atoms with Gasteiger partial charge in [-0.2, -0.15) is 4.98 Å². The van der Waals surface area contributed by atoms with Crippen LogP contribution in [-0.2, 0) is 13.0 Å². The molecule has 6 nitrogen and oxygen atoms in total. The Hall–Kier alpha value is -2.70. The average Bonchev–Trinajstić information content (AvgIpc) is 3.17. The number of nitrogens with one attached hydrogen (secondary N) is 1. The average molecular weight is 364 g/mol. The van der Waals surface area contributed by atoms with E-state index in [0.717, 1.165) is 37.4 Å². The fraction of sp³-hybridized carbons (Fsp3) is 0.333. The molecule has 27 heavy (non-hydrogen) atoms. The summed E-state index contributed by atoms with van der Waals surface area (Å²) in [5, 5.41) is 7.51. The Morgan fingerprint density at radius 3 is 2.81 bits per heavy atom. The van der Waals surface area contributed by atoms with E-state index in [4.69, 9.17) is 9.26 Å². The predicted octanol–water partition coefficient (Wildman–Crippen LogP) is 2.82. The lowest BCUT2D eigenvalue weighted by Gasteiger charge is -2.30. The monoisotopic (exact) mass is 364 g/mol. The summed E-state index contributed by atoms with van der Waals surface area (Å²) < 4.78 is 11.4. The molecule has 1 aromatic heterocycles. The molecular weight excluding hydrogens is 340 g/mol. The fourth-order valence-electron chi connectivity index (χ4n) is 3.30. The van der Waals surface area contributed by atoms with Gasteiger partial charge in [0.25, 0.3) is 5.89 Å². The number of benzene rings is 2. The van der Waals surface area contributed by atoms with Crippen molar-refractivity contribution in [3.05, 3.63) is 77.4 Å². The zero-order valence-electron chi connectivity index (χ0n) is 15.5. The molecule has 0 radical (unpaired) electrons. The maximum Gasteiger partial charge on any atom is 0.264 e. The van der Waals surface area contributed by atoms with Gasteiger partial charge in [-0.15, -0.1) is 0 Å². The Labute approximate surface area is 159 Å². The molecule has 6 heteroatoms. The van der Waals surface area contributed by atoms with Gasteiger partial charge in [-0.05, 0) is 24.2 Å². The molecule has 1 unspecified atom stereocenters. The molecule has 1 aliphatic rings. The Bertz CT molecular complexity index is 865. The summed E-state index contributed by atoms with van der Waals surface area (Å²) in [5.74, 6) is 2.05. The SMILES string of the molecule is CN1CCNCC1c1noc(COc2ccccc2Cc2ccccc2)n1. The van der Waals surface area contributed by atoms with Gasteiger partial charge in [-0.1, -0.05) is 53.7 Å². The van der Waals surface area contributed by atoms with Crippen molar-refractivity contribution in [3.63, 3.8) is 0 Å². The van der Waals surface area contributed by atoms with Crippen LogP contribution in [0.2, 0.25) is 0 Å². The molecule has 0 aliphatic carbocycles. The minimum atomic E-state index is 0.140. The number of piperazine rings is 1. The van der Waals surface area contributed by atoms with E-state index in [-0.39, 0.29) is 12.6 Å². The highest BCUT2D eigenvalue weighted by Gasteiger charge is 2.25. The highest BCUT2D eigenvalue weighted by atomic mass is 16.5. The number of ether oxygens (including phenoxy) is 1. The van der Waals surface area contributed by atoms with Crippen LogP contribution < -0.4 is 10.1 Å². The van der Waals surface area contributed by atoms with Crippen molar-refractivity contribution in [1.29, 1.82) is 0 Å². The number of hydrogen-bond acceptors (Lipinski definition) is 6. The Kier molecular flexibility index (Phi) is 5.46. The van der Waals surface area contributed by atoms with Gasteiger partial charge in [0.15, 0.2) is 12.4 Å². The van der Waals surface area contributed by atoms with Gasteiger partial charge in [0.1, 0.15) is 5.75 Å². The molecule has 2 heterocycles. The minimum absolute atomic E-state index is 0.140. The van der Waals surface area contributed by atoms with Crippen molar-refractivity contribution in [2.75, 3.05) is 26.7 Å². The maximum absolute atomic E-state index is 6.00. The molecule has 1 aliphatic heterocycles. The third-order valence-corrected chi connectivity index (χ3v) is 4.85. The standard InChI is InChI=1S/C21H24N4O2/c1-25-12-11-22-14-18(25)21-23-20(27-24-21)15-26-19-10-6-5-9-17(19)13-16-7-3-2-4-8-16/h2-10,18,22H,11-15H2,1H3. The van der Waals surface area contributed by atoms with E-state index in [9.17, 15) is 0 Å². The molecular formula is C21H24N4O2. The highest BCUT2D eigenvalue weighted by molar-refractivity contribution is 5.37. The van der Waals surface area contributed by atoms with Gasteiger partial charge in [-0.3, -0.25) is 4.90 Å². The molecule has 1 saturated heterocycles. The van der Waals surface area contributed by atoms with Crippen molar-refractivity contribution in [2.24, 2.45) is 0 Å². The quantitative estimate of drug-likeness (QED) is 0.726. The van der Waals surface area contributed by atoms with Crippen LogP contribution in [0.15, 0.2) is 59.1 Å². The first-order valence-corrected chi connectivity index (χ1v) is 9.27. The first kappa shape index (κ1) is 17.7. The van der Waals surface area contributed by atoms with Crippen LogP contribution in [0.5, 0.6) is 5.75 Å². The van der Waals surface area contributed by atoms with E-state index in [1.54, 1.807) is 0 Å². The zero-order chi connectivity index (χ0) is 18.5.